The third-order valence-corrected chi connectivity index (χ3v) is 1.61. The second-order valence-corrected chi connectivity index (χ2v) is 3.14. The van der Waals surface area contributed by atoms with E-state index >= 15 is 0 Å². The smallest absolute Gasteiger partial charge is 0.151 e. The molecule has 0 radical (unpaired) electrons. The maximum absolute atomic E-state index is 8.96. The molecule has 0 fully saturated rings. The molecule has 1 aromatic heterocycles. The van der Waals surface area contributed by atoms with Gasteiger partial charge in [-0.15, -0.1) is 0 Å². The maximum atomic E-state index is 8.96. The van der Waals surface area contributed by atoms with E-state index in [1.54, 1.807) is 17.9 Å². The number of hydrogen-bond acceptors (Lipinski definition) is 4. The van der Waals surface area contributed by atoms with Gasteiger partial charge < -0.3 is 10.4 Å². The Balaban J connectivity index is 2.13. The monoisotopic (exact) mass is 184 g/mol. The fourth-order valence-corrected chi connectivity index (χ4v) is 1.01. The van der Waals surface area contributed by atoms with Crippen molar-refractivity contribution in [1.82, 2.24) is 20.1 Å². The fraction of sp³-hybridized carbons (Fsp3) is 0.750. The number of hydrogen-bond donors (Lipinski definition) is 2. The third kappa shape index (κ3) is 4.00. The highest BCUT2D eigenvalue weighted by atomic mass is 16.3. The predicted molar refractivity (Wildman–Crippen MR) is 49.3 cm³/mol. The van der Waals surface area contributed by atoms with E-state index in [0.29, 0.717) is 6.54 Å². The van der Waals surface area contributed by atoms with Crippen LogP contribution >= 0.6 is 0 Å². The molecule has 0 aliphatic rings. The number of rotatable bonds is 5. The van der Waals surface area contributed by atoms with Crippen LogP contribution in [0.4, 0.5) is 0 Å². The van der Waals surface area contributed by atoms with Gasteiger partial charge in [-0.25, -0.2) is 4.98 Å². The fourth-order valence-electron chi connectivity index (χ4n) is 1.01. The minimum Gasteiger partial charge on any atom is -0.392 e. The quantitative estimate of drug-likeness (QED) is 0.596. The number of aryl methyl sites for hydroxylation is 1. The lowest BCUT2D eigenvalue weighted by Crippen LogP contribution is -2.26. The standard InChI is InChI=1S/C8H16N4O/c1-7(13)5-9-4-3-8-10-6-12(2)11-8/h6-7,9,13H,3-5H2,1-2H3. The summed E-state index contributed by atoms with van der Waals surface area (Å²) in [7, 11) is 1.85. The summed E-state index contributed by atoms with van der Waals surface area (Å²) in [5.74, 6) is 0.834. The van der Waals surface area contributed by atoms with E-state index in [-0.39, 0.29) is 6.10 Å². The molecular weight excluding hydrogens is 168 g/mol. The zero-order valence-electron chi connectivity index (χ0n) is 8.06. The molecule has 0 saturated heterocycles. The van der Waals surface area contributed by atoms with Crippen LogP contribution in [0.15, 0.2) is 6.33 Å². The van der Waals surface area contributed by atoms with Crippen molar-refractivity contribution in [2.75, 3.05) is 13.1 Å². The predicted octanol–water partition coefficient (Wildman–Crippen LogP) is -0.672. The minimum atomic E-state index is -0.295. The van der Waals surface area contributed by atoms with Gasteiger partial charge in [0.1, 0.15) is 6.33 Å². The molecule has 0 spiro atoms. The normalized spacial score (nSPS) is 13.2. The van der Waals surface area contributed by atoms with Crippen LogP contribution in [0, 0.1) is 0 Å². The summed E-state index contributed by atoms with van der Waals surface area (Å²) in [5.41, 5.74) is 0. The van der Waals surface area contributed by atoms with Crippen LogP contribution in [0.25, 0.3) is 0 Å². The molecule has 2 N–H and O–H groups in total. The lowest BCUT2D eigenvalue weighted by molar-refractivity contribution is 0.191. The Morgan fingerprint density at radius 1 is 1.69 bits per heavy atom. The van der Waals surface area contributed by atoms with E-state index in [2.05, 4.69) is 15.4 Å². The van der Waals surface area contributed by atoms with Gasteiger partial charge in [-0.2, -0.15) is 5.10 Å². The van der Waals surface area contributed by atoms with Crippen molar-refractivity contribution in [3.05, 3.63) is 12.2 Å². The first-order chi connectivity index (χ1) is 6.18. The summed E-state index contributed by atoms with van der Waals surface area (Å²) in [6.45, 7) is 3.17. The van der Waals surface area contributed by atoms with Crippen molar-refractivity contribution in [2.24, 2.45) is 7.05 Å². The SMILES string of the molecule is CC(O)CNCCc1ncn(C)n1. The lowest BCUT2D eigenvalue weighted by Gasteiger charge is -2.04. The Hall–Kier alpha value is -0.940. The van der Waals surface area contributed by atoms with E-state index in [1.807, 2.05) is 7.05 Å². The largest absolute Gasteiger partial charge is 0.392 e. The minimum absolute atomic E-state index is 0.295. The molecule has 0 aliphatic carbocycles. The molecule has 1 unspecified atom stereocenters. The number of aliphatic hydroxyl groups is 1. The number of nitrogens with one attached hydrogen (secondary N) is 1. The van der Waals surface area contributed by atoms with Gasteiger partial charge in [0.25, 0.3) is 0 Å². The van der Waals surface area contributed by atoms with Crippen molar-refractivity contribution in [2.45, 2.75) is 19.4 Å². The van der Waals surface area contributed by atoms with Crippen LogP contribution in [0.2, 0.25) is 0 Å². The van der Waals surface area contributed by atoms with Gasteiger partial charge in [0.2, 0.25) is 0 Å². The van der Waals surface area contributed by atoms with Gasteiger partial charge in [0.05, 0.1) is 6.10 Å². The first-order valence-electron chi connectivity index (χ1n) is 4.42. The van der Waals surface area contributed by atoms with Crippen LogP contribution in [0.1, 0.15) is 12.7 Å². The second kappa shape index (κ2) is 4.94. The van der Waals surface area contributed by atoms with E-state index in [1.165, 1.54) is 0 Å². The van der Waals surface area contributed by atoms with E-state index in [0.717, 1.165) is 18.8 Å². The van der Waals surface area contributed by atoms with Crippen molar-refractivity contribution in [3.8, 4) is 0 Å². The summed E-state index contributed by atoms with van der Waals surface area (Å²) in [6.07, 6.45) is 2.19. The molecule has 0 aliphatic heterocycles. The Kier molecular flexibility index (Phi) is 3.85. The summed E-state index contributed by atoms with van der Waals surface area (Å²) in [6, 6.07) is 0. The highest BCUT2D eigenvalue weighted by Crippen LogP contribution is 1.88. The highest BCUT2D eigenvalue weighted by molar-refractivity contribution is 4.81. The molecule has 1 rings (SSSR count). The third-order valence-electron chi connectivity index (χ3n) is 1.61. The van der Waals surface area contributed by atoms with Gasteiger partial charge in [-0.3, -0.25) is 4.68 Å². The summed E-state index contributed by atoms with van der Waals surface area (Å²) in [5, 5.41) is 16.2. The molecule has 1 aromatic rings. The Labute approximate surface area is 77.8 Å². The average molecular weight is 184 g/mol. The van der Waals surface area contributed by atoms with Crippen LogP contribution in [-0.4, -0.2) is 39.1 Å². The number of aromatic nitrogens is 3. The number of nitrogens with zero attached hydrogens (tertiary/aromatic N) is 3. The van der Waals surface area contributed by atoms with Gasteiger partial charge in [-0.1, -0.05) is 0 Å². The topological polar surface area (TPSA) is 63.0 Å². The molecule has 0 aromatic carbocycles. The van der Waals surface area contributed by atoms with E-state index in [4.69, 9.17) is 5.11 Å². The van der Waals surface area contributed by atoms with E-state index in [9.17, 15) is 0 Å². The van der Waals surface area contributed by atoms with Gasteiger partial charge in [0, 0.05) is 26.6 Å². The number of aliphatic hydroxyl groups excluding tert-OH is 1. The van der Waals surface area contributed by atoms with Gasteiger partial charge in [-0.05, 0) is 6.92 Å². The molecule has 0 saturated carbocycles. The van der Waals surface area contributed by atoms with Crippen LogP contribution in [0.5, 0.6) is 0 Å². The molecular formula is C8H16N4O. The zero-order chi connectivity index (χ0) is 9.68. The molecule has 1 heterocycles. The lowest BCUT2D eigenvalue weighted by atomic mass is 10.3. The van der Waals surface area contributed by atoms with Crippen LogP contribution in [0.3, 0.4) is 0 Å². The molecule has 0 amide bonds. The molecule has 1 atom stereocenters. The van der Waals surface area contributed by atoms with Crippen LogP contribution in [-0.2, 0) is 13.5 Å². The van der Waals surface area contributed by atoms with Gasteiger partial charge in [0.15, 0.2) is 5.82 Å². The van der Waals surface area contributed by atoms with Gasteiger partial charge >= 0.3 is 0 Å². The first-order valence-corrected chi connectivity index (χ1v) is 4.42. The Morgan fingerprint density at radius 3 is 3.00 bits per heavy atom. The molecule has 5 nitrogen and oxygen atoms in total. The molecule has 74 valence electrons. The first kappa shape index (κ1) is 10.1. The van der Waals surface area contributed by atoms with Crippen molar-refractivity contribution >= 4 is 0 Å². The molecule has 13 heavy (non-hydrogen) atoms. The molecule has 0 bridgehead atoms. The Bertz CT molecular complexity index is 246. The van der Waals surface area contributed by atoms with Crippen molar-refractivity contribution in [3.63, 3.8) is 0 Å². The highest BCUT2D eigenvalue weighted by Gasteiger charge is 1.98. The second-order valence-electron chi connectivity index (χ2n) is 3.14. The average Bonchev–Trinajstić information content (AvgIpc) is 2.45. The summed E-state index contributed by atoms with van der Waals surface area (Å²) in [4.78, 5) is 4.08. The van der Waals surface area contributed by atoms with Crippen LogP contribution < -0.4 is 5.32 Å². The van der Waals surface area contributed by atoms with Crippen molar-refractivity contribution in [1.29, 1.82) is 0 Å². The van der Waals surface area contributed by atoms with Crippen molar-refractivity contribution < 1.29 is 5.11 Å². The zero-order valence-corrected chi connectivity index (χ0v) is 8.06. The molecule has 5 heteroatoms. The summed E-state index contributed by atoms with van der Waals surface area (Å²) < 4.78 is 1.68. The van der Waals surface area contributed by atoms with E-state index < -0.39 is 0 Å². The summed E-state index contributed by atoms with van der Waals surface area (Å²) >= 11 is 0. The maximum Gasteiger partial charge on any atom is 0.151 e. The Morgan fingerprint density at radius 2 is 2.46 bits per heavy atom.